The zero-order chi connectivity index (χ0) is 21.3. The Hall–Kier alpha value is -3.19. The largest absolute Gasteiger partial charge is 0.452 e. The number of hydrogen-bond donors (Lipinski definition) is 1. The van der Waals surface area contributed by atoms with Crippen LogP contribution in [0.15, 0.2) is 36.4 Å². The lowest BCUT2D eigenvalue weighted by atomic mass is 10.1. The molecule has 0 fully saturated rings. The molecule has 1 N–H and O–H groups in total. The molecule has 1 aliphatic rings. The van der Waals surface area contributed by atoms with Crippen molar-refractivity contribution in [2.24, 2.45) is 0 Å². The number of hydrogen-bond acceptors (Lipinski definition) is 5. The van der Waals surface area contributed by atoms with Gasteiger partial charge in [-0.15, -0.1) is 0 Å². The number of esters is 1. The van der Waals surface area contributed by atoms with E-state index in [0.717, 1.165) is 10.5 Å². The molecule has 7 nitrogen and oxygen atoms in total. The highest BCUT2D eigenvalue weighted by atomic mass is 35.5. The van der Waals surface area contributed by atoms with Gasteiger partial charge in [-0.05, 0) is 62.7 Å². The maximum Gasteiger partial charge on any atom is 0.338 e. The normalized spacial score (nSPS) is 12.9. The summed E-state index contributed by atoms with van der Waals surface area (Å²) in [6.07, 6.45) is 0. The highest BCUT2D eigenvalue weighted by molar-refractivity contribution is 6.30. The van der Waals surface area contributed by atoms with Gasteiger partial charge < -0.3 is 10.1 Å². The Bertz CT molecular complexity index is 1030. The number of nitrogens with zero attached hydrogens (tertiary/aromatic N) is 1. The minimum atomic E-state index is -0.765. The average molecular weight is 415 g/mol. The lowest BCUT2D eigenvalue weighted by molar-refractivity contribution is -0.119. The second-order valence-electron chi connectivity index (χ2n) is 6.92. The molecule has 0 radical (unpaired) electrons. The summed E-state index contributed by atoms with van der Waals surface area (Å²) in [5.41, 5.74) is 1.82. The number of benzene rings is 2. The summed E-state index contributed by atoms with van der Waals surface area (Å²) < 4.78 is 5.03. The number of anilines is 1. The van der Waals surface area contributed by atoms with Gasteiger partial charge in [-0.2, -0.15) is 0 Å². The molecule has 150 valence electrons. The summed E-state index contributed by atoms with van der Waals surface area (Å²) in [5, 5.41) is 3.19. The number of fused-ring (bicyclic) bond motifs is 1. The molecule has 1 aliphatic heterocycles. The number of carbonyl (C=O) groups is 4. The van der Waals surface area contributed by atoms with Gasteiger partial charge in [0.15, 0.2) is 6.61 Å². The van der Waals surface area contributed by atoms with Gasteiger partial charge in [-0.25, -0.2) is 4.79 Å². The predicted octanol–water partition coefficient (Wildman–Crippen LogP) is 3.45. The minimum absolute atomic E-state index is 0.0889. The van der Waals surface area contributed by atoms with Crippen molar-refractivity contribution in [1.29, 1.82) is 0 Å². The summed E-state index contributed by atoms with van der Waals surface area (Å²) in [6.45, 7) is 4.76. The van der Waals surface area contributed by atoms with Crippen molar-refractivity contribution in [2.45, 2.75) is 26.8 Å². The van der Waals surface area contributed by atoms with E-state index in [2.05, 4.69) is 5.32 Å². The van der Waals surface area contributed by atoms with Crippen LogP contribution < -0.4 is 5.32 Å². The molecule has 8 heteroatoms. The van der Waals surface area contributed by atoms with Gasteiger partial charge in [0.05, 0.1) is 16.7 Å². The smallest absolute Gasteiger partial charge is 0.338 e. The van der Waals surface area contributed by atoms with E-state index in [-0.39, 0.29) is 22.7 Å². The van der Waals surface area contributed by atoms with Crippen LogP contribution in [-0.2, 0) is 9.53 Å². The zero-order valence-electron chi connectivity index (χ0n) is 16.1. The van der Waals surface area contributed by atoms with Gasteiger partial charge in [0, 0.05) is 16.8 Å². The van der Waals surface area contributed by atoms with E-state index in [0.29, 0.717) is 10.7 Å². The molecule has 2 aromatic carbocycles. The third-order valence-corrected chi connectivity index (χ3v) is 4.70. The van der Waals surface area contributed by atoms with Crippen LogP contribution in [0.1, 0.15) is 50.5 Å². The number of ether oxygens (including phenoxy) is 1. The van der Waals surface area contributed by atoms with Crippen molar-refractivity contribution in [1.82, 2.24) is 4.90 Å². The van der Waals surface area contributed by atoms with Crippen molar-refractivity contribution in [3.8, 4) is 0 Å². The van der Waals surface area contributed by atoms with E-state index in [1.54, 1.807) is 39.0 Å². The van der Waals surface area contributed by atoms with Crippen molar-refractivity contribution in [2.75, 3.05) is 11.9 Å². The van der Waals surface area contributed by atoms with Crippen LogP contribution in [0.3, 0.4) is 0 Å². The summed E-state index contributed by atoms with van der Waals surface area (Å²) in [6, 6.07) is 8.84. The summed E-state index contributed by atoms with van der Waals surface area (Å²) in [7, 11) is 0. The van der Waals surface area contributed by atoms with E-state index in [4.69, 9.17) is 16.3 Å². The molecule has 0 aromatic heterocycles. The van der Waals surface area contributed by atoms with Gasteiger partial charge in [0.25, 0.3) is 17.7 Å². The van der Waals surface area contributed by atoms with E-state index in [9.17, 15) is 19.2 Å². The van der Waals surface area contributed by atoms with Crippen molar-refractivity contribution >= 4 is 41.0 Å². The SMILES string of the molecule is Cc1cc(Cl)ccc1NC(=O)COC(=O)c1ccc2c(c1)C(=O)N(C(C)C)C2=O. The molecule has 2 aromatic rings. The predicted molar refractivity (Wildman–Crippen MR) is 107 cm³/mol. The number of nitrogens with one attached hydrogen (secondary N) is 1. The first-order valence-electron chi connectivity index (χ1n) is 8.94. The molecule has 0 unspecified atom stereocenters. The fraction of sp³-hybridized carbons (Fsp3) is 0.238. The first-order chi connectivity index (χ1) is 13.7. The number of halogens is 1. The van der Waals surface area contributed by atoms with E-state index < -0.39 is 30.3 Å². The van der Waals surface area contributed by atoms with Crippen LogP contribution in [0.2, 0.25) is 5.02 Å². The molecular weight excluding hydrogens is 396 g/mol. The van der Waals surface area contributed by atoms with Gasteiger partial charge >= 0.3 is 5.97 Å². The maximum atomic E-state index is 12.4. The lowest BCUT2D eigenvalue weighted by Crippen LogP contribution is -2.35. The number of carbonyl (C=O) groups excluding carboxylic acids is 4. The Kier molecular flexibility index (Phi) is 5.70. The van der Waals surface area contributed by atoms with Crippen LogP contribution >= 0.6 is 11.6 Å². The molecule has 0 aliphatic carbocycles. The third kappa shape index (κ3) is 4.14. The first kappa shape index (κ1) is 20.5. The number of aryl methyl sites for hydroxylation is 1. The van der Waals surface area contributed by atoms with E-state index in [1.165, 1.54) is 18.2 Å². The average Bonchev–Trinajstić information content (AvgIpc) is 2.92. The minimum Gasteiger partial charge on any atom is -0.452 e. The molecule has 0 saturated carbocycles. The van der Waals surface area contributed by atoms with Gasteiger partial charge in [-0.1, -0.05) is 11.6 Å². The second kappa shape index (κ2) is 8.05. The summed E-state index contributed by atoms with van der Waals surface area (Å²) in [4.78, 5) is 50.2. The summed E-state index contributed by atoms with van der Waals surface area (Å²) >= 11 is 5.88. The highest BCUT2D eigenvalue weighted by Crippen LogP contribution is 2.26. The Labute approximate surface area is 172 Å². The molecule has 0 saturated heterocycles. The van der Waals surface area contributed by atoms with Crippen LogP contribution in [0.5, 0.6) is 0 Å². The fourth-order valence-corrected chi connectivity index (χ4v) is 3.25. The zero-order valence-corrected chi connectivity index (χ0v) is 16.9. The number of imide groups is 1. The Morgan fingerprint density at radius 1 is 1.07 bits per heavy atom. The lowest BCUT2D eigenvalue weighted by Gasteiger charge is -2.17. The van der Waals surface area contributed by atoms with Crippen LogP contribution in [0.4, 0.5) is 5.69 Å². The molecule has 1 heterocycles. The van der Waals surface area contributed by atoms with Crippen molar-refractivity contribution in [3.63, 3.8) is 0 Å². The standard InChI is InChI=1S/C21H19ClN2O5/c1-11(2)24-19(26)15-6-4-13(9-16(15)20(24)27)21(28)29-10-18(25)23-17-7-5-14(22)8-12(17)3/h4-9,11H,10H2,1-3H3,(H,23,25). The van der Waals surface area contributed by atoms with Gasteiger partial charge in [0.1, 0.15) is 0 Å². The fourth-order valence-electron chi connectivity index (χ4n) is 3.02. The molecule has 0 spiro atoms. The quantitative estimate of drug-likeness (QED) is 0.597. The Balaban J connectivity index is 1.66. The Morgan fingerprint density at radius 2 is 1.76 bits per heavy atom. The molecular formula is C21H19ClN2O5. The van der Waals surface area contributed by atoms with Crippen LogP contribution in [0, 0.1) is 6.92 Å². The van der Waals surface area contributed by atoms with Crippen LogP contribution in [0.25, 0.3) is 0 Å². The van der Waals surface area contributed by atoms with Crippen molar-refractivity contribution < 1.29 is 23.9 Å². The molecule has 3 amide bonds. The van der Waals surface area contributed by atoms with Gasteiger partial charge in [0.2, 0.25) is 0 Å². The first-order valence-corrected chi connectivity index (χ1v) is 9.32. The monoisotopic (exact) mass is 414 g/mol. The van der Waals surface area contributed by atoms with Crippen LogP contribution in [-0.4, -0.2) is 41.2 Å². The van der Waals surface area contributed by atoms with E-state index >= 15 is 0 Å². The third-order valence-electron chi connectivity index (χ3n) is 4.47. The molecule has 3 rings (SSSR count). The molecule has 0 bridgehead atoms. The topological polar surface area (TPSA) is 92.8 Å². The molecule has 29 heavy (non-hydrogen) atoms. The van der Waals surface area contributed by atoms with Crippen molar-refractivity contribution in [3.05, 3.63) is 63.7 Å². The van der Waals surface area contributed by atoms with Gasteiger partial charge in [-0.3, -0.25) is 19.3 Å². The second-order valence-corrected chi connectivity index (χ2v) is 7.35. The van der Waals surface area contributed by atoms with E-state index in [1.807, 2.05) is 0 Å². The number of amides is 3. The maximum absolute atomic E-state index is 12.4. The molecule has 0 atom stereocenters. The number of rotatable bonds is 5. The highest BCUT2D eigenvalue weighted by Gasteiger charge is 2.37. The summed E-state index contributed by atoms with van der Waals surface area (Å²) in [5.74, 6) is -2.12. The Morgan fingerprint density at radius 3 is 2.41 bits per heavy atom.